The van der Waals surface area contributed by atoms with Gasteiger partial charge in [-0.15, -0.1) is 0 Å². The van der Waals surface area contributed by atoms with E-state index in [9.17, 15) is 0 Å². The van der Waals surface area contributed by atoms with Gasteiger partial charge in [0, 0.05) is 47.7 Å². The lowest BCUT2D eigenvalue weighted by Crippen LogP contribution is -2.32. The summed E-state index contributed by atoms with van der Waals surface area (Å²) in [5, 5.41) is 5.22. The highest BCUT2D eigenvalue weighted by Crippen LogP contribution is 2.42. The predicted octanol–water partition coefficient (Wildman–Crippen LogP) is 4.63. The van der Waals surface area contributed by atoms with Crippen LogP contribution < -0.4 is 5.32 Å². The summed E-state index contributed by atoms with van der Waals surface area (Å²) in [7, 11) is 0. The van der Waals surface area contributed by atoms with E-state index in [0.29, 0.717) is 12.1 Å². The maximum Gasteiger partial charge on any atom is 0.0529 e. The fourth-order valence-electron chi connectivity index (χ4n) is 4.45. The maximum atomic E-state index is 4.40. The van der Waals surface area contributed by atoms with Crippen molar-refractivity contribution in [1.82, 2.24) is 14.9 Å². The molecular weight excluding hydrogens is 306 g/mol. The summed E-state index contributed by atoms with van der Waals surface area (Å²) in [5.74, 6) is 0. The van der Waals surface area contributed by atoms with Gasteiger partial charge in [0.25, 0.3) is 0 Å². The molecule has 2 aliphatic heterocycles. The minimum absolute atomic E-state index is 0.522. The highest BCUT2D eigenvalue weighted by molar-refractivity contribution is 5.90. The average molecular weight is 329 g/mol. The molecule has 1 aromatic carbocycles. The van der Waals surface area contributed by atoms with E-state index in [1.807, 2.05) is 13.1 Å². The summed E-state index contributed by atoms with van der Waals surface area (Å²) in [6.45, 7) is 4.21. The molecule has 1 N–H and O–H groups in total. The number of hydrogen-bond acceptors (Lipinski definition) is 2. The first-order valence-corrected chi connectivity index (χ1v) is 9.19. The van der Waals surface area contributed by atoms with E-state index < -0.39 is 0 Å². The van der Waals surface area contributed by atoms with Gasteiger partial charge in [-0.3, -0.25) is 4.98 Å². The molecule has 3 aromatic rings. The Hall–Kier alpha value is -2.39. The van der Waals surface area contributed by atoms with Crippen LogP contribution in [0.15, 0.2) is 36.5 Å². The zero-order chi connectivity index (χ0) is 17.0. The number of nitrogens with one attached hydrogen (secondary N) is 1. The van der Waals surface area contributed by atoms with Gasteiger partial charge in [0.2, 0.25) is 0 Å². The van der Waals surface area contributed by atoms with Crippen LogP contribution in [0.2, 0.25) is 0 Å². The second-order valence-corrected chi connectivity index (χ2v) is 7.50. The van der Waals surface area contributed by atoms with Crippen molar-refractivity contribution in [2.24, 2.45) is 0 Å². The summed E-state index contributed by atoms with van der Waals surface area (Å²) < 4.78 is 2.41. The van der Waals surface area contributed by atoms with Gasteiger partial charge in [0.05, 0.1) is 5.52 Å². The molecule has 0 aliphatic carbocycles. The first-order chi connectivity index (χ1) is 12.2. The van der Waals surface area contributed by atoms with Gasteiger partial charge < -0.3 is 9.88 Å². The molecule has 0 amide bonds. The third-order valence-corrected chi connectivity index (χ3v) is 5.68. The van der Waals surface area contributed by atoms with Gasteiger partial charge >= 0.3 is 0 Å². The van der Waals surface area contributed by atoms with Gasteiger partial charge in [0.15, 0.2) is 0 Å². The van der Waals surface area contributed by atoms with Crippen molar-refractivity contribution in [3.8, 4) is 0 Å². The molecule has 0 radical (unpaired) electrons. The van der Waals surface area contributed by atoms with Crippen molar-refractivity contribution in [3.05, 3.63) is 64.6 Å². The van der Waals surface area contributed by atoms with E-state index in [2.05, 4.69) is 64.4 Å². The van der Waals surface area contributed by atoms with Gasteiger partial charge in [-0.05, 0) is 62.1 Å². The van der Waals surface area contributed by atoms with Crippen molar-refractivity contribution in [2.45, 2.75) is 45.2 Å². The molecule has 0 saturated carbocycles. The van der Waals surface area contributed by atoms with Crippen molar-refractivity contribution in [1.29, 1.82) is 0 Å². The van der Waals surface area contributed by atoms with E-state index in [1.54, 1.807) is 0 Å². The van der Waals surface area contributed by atoms with Crippen LogP contribution in [-0.4, -0.2) is 15.6 Å². The Labute approximate surface area is 148 Å². The molecule has 3 nitrogen and oxygen atoms in total. The van der Waals surface area contributed by atoms with Gasteiger partial charge in [-0.1, -0.05) is 17.7 Å². The summed E-state index contributed by atoms with van der Waals surface area (Å²) >= 11 is 0. The van der Waals surface area contributed by atoms with E-state index in [-0.39, 0.29) is 0 Å². The first kappa shape index (κ1) is 14.9. The topological polar surface area (TPSA) is 29.9 Å². The fraction of sp³-hybridized carbons (Fsp3) is 0.318. The smallest absolute Gasteiger partial charge is 0.0529 e. The zero-order valence-electron chi connectivity index (χ0n) is 14.8. The maximum absolute atomic E-state index is 4.40. The standard InChI is InChI=1S/C22H23N3/c1-14-3-8-20-18(11-14)22-19-7-6-17(24-19)12-21(22)25(20)10-9-16-5-4-15(2)23-13-16/h3-5,8-11,13,17,19,24H,6-7,12H2,1-2H3/t17-,19+/m1/s1. The van der Waals surface area contributed by atoms with Crippen molar-refractivity contribution >= 4 is 23.2 Å². The van der Waals surface area contributed by atoms with Crippen LogP contribution in [0.4, 0.5) is 0 Å². The van der Waals surface area contributed by atoms with Crippen LogP contribution in [0.1, 0.15) is 47.0 Å². The average Bonchev–Trinajstić information content (AvgIpc) is 3.13. The van der Waals surface area contributed by atoms with Gasteiger partial charge in [0.1, 0.15) is 0 Å². The van der Waals surface area contributed by atoms with Gasteiger partial charge in [-0.2, -0.15) is 0 Å². The van der Waals surface area contributed by atoms with E-state index in [0.717, 1.165) is 17.7 Å². The molecule has 0 unspecified atom stereocenters. The van der Waals surface area contributed by atoms with E-state index in [1.165, 1.54) is 40.6 Å². The quantitative estimate of drug-likeness (QED) is 0.743. The third kappa shape index (κ3) is 2.42. The molecule has 4 heterocycles. The lowest BCUT2D eigenvalue weighted by molar-refractivity contribution is 0.509. The lowest BCUT2D eigenvalue weighted by atomic mass is 9.98. The lowest BCUT2D eigenvalue weighted by Gasteiger charge is -2.23. The number of rotatable bonds is 2. The summed E-state index contributed by atoms with van der Waals surface area (Å²) in [5.41, 5.74) is 7.87. The molecular formula is C22H23N3. The number of aromatic nitrogens is 2. The number of nitrogens with zero attached hydrogens (tertiary/aromatic N) is 2. The highest BCUT2D eigenvalue weighted by Gasteiger charge is 2.35. The largest absolute Gasteiger partial charge is 0.320 e. The van der Waals surface area contributed by atoms with Crippen LogP contribution in [0.3, 0.4) is 0 Å². The molecule has 126 valence electrons. The summed E-state index contributed by atoms with van der Waals surface area (Å²) in [6, 6.07) is 12.2. The molecule has 2 aromatic heterocycles. The minimum Gasteiger partial charge on any atom is -0.320 e. The Bertz CT molecular complexity index is 979. The summed E-state index contributed by atoms with van der Waals surface area (Å²) in [6.07, 6.45) is 10.0. The normalized spacial score (nSPS) is 22.0. The van der Waals surface area contributed by atoms with Crippen LogP contribution in [0.5, 0.6) is 0 Å². The third-order valence-electron chi connectivity index (χ3n) is 5.68. The first-order valence-electron chi connectivity index (χ1n) is 9.19. The Kier molecular flexibility index (Phi) is 3.32. The van der Waals surface area contributed by atoms with Crippen LogP contribution >= 0.6 is 0 Å². The Balaban J connectivity index is 1.67. The Morgan fingerprint density at radius 2 is 2.08 bits per heavy atom. The number of benzene rings is 1. The van der Waals surface area contributed by atoms with Crippen LogP contribution in [0.25, 0.3) is 23.2 Å². The molecule has 2 aliphatic rings. The monoisotopic (exact) mass is 329 g/mol. The minimum atomic E-state index is 0.522. The second kappa shape index (κ2) is 5.57. The molecule has 5 rings (SSSR count). The Morgan fingerprint density at radius 3 is 2.92 bits per heavy atom. The molecule has 2 atom stereocenters. The molecule has 1 fully saturated rings. The van der Waals surface area contributed by atoms with Crippen LogP contribution in [0, 0.1) is 13.8 Å². The van der Waals surface area contributed by atoms with Crippen LogP contribution in [-0.2, 0) is 6.42 Å². The van der Waals surface area contributed by atoms with Crippen molar-refractivity contribution < 1.29 is 0 Å². The van der Waals surface area contributed by atoms with Gasteiger partial charge in [-0.25, -0.2) is 0 Å². The van der Waals surface area contributed by atoms with E-state index in [4.69, 9.17) is 0 Å². The number of fused-ring (bicyclic) bond motifs is 6. The molecule has 3 heteroatoms. The zero-order valence-corrected chi connectivity index (χ0v) is 14.8. The molecule has 2 bridgehead atoms. The Morgan fingerprint density at radius 1 is 1.16 bits per heavy atom. The van der Waals surface area contributed by atoms with E-state index >= 15 is 0 Å². The SMILES string of the molecule is Cc1ccc2c(c1)c1c(n2C=Cc2ccc(C)nc2)C[C@H]2CC[C@@H]1N2. The van der Waals surface area contributed by atoms with Crippen molar-refractivity contribution in [3.63, 3.8) is 0 Å². The molecule has 25 heavy (non-hydrogen) atoms. The highest BCUT2D eigenvalue weighted by atomic mass is 15.1. The van der Waals surface area contributed by atoms with Crippen molar-refractivity contribution in [2.75, 3.05) is 0 Å². The number of pyridine rings is 1. The predicted molar refractivity (Wildman–Crippen MR) is 103 cm³/mol. The second-order valence-electron chi connectivity index (χ2n) is 7.50. The molecule has 0 spiro atoms. The number of aryl methyl sites for hydroxylation is 2. The number of hydrogen-bond donors (Lipinski definition) is 1. The molecule has 1 saturated heterocycles. The summed E-state index contributed by atoms with van der Waals surface area (Å²) in [4.78, 5) is 4.40. The fourth-order valence-corrected chi connectivity index (χ4v) is 4.45.